The molecular formula is C17H23NO6S. The molecule has 7 nitrogen and oxygen atoms in total. The quantitative estimate of drug-likeness (QED) is 0.760. The van der Waals surface area contributed by atoms with Gasteiger partial charge >= 0.3 is 5.97 Å². The standard InChI is InChI=1S/C17H23NO6S/c1-3-12(2)18(14-7-8-25(22,23)11-14)16(20)10-24-17(21)13-5-4-6-15(19)9-13/h4-6,9,12,14,19H,3,7-8,10-11H2,1-2H3/t12-,14-/m0/s1. The van der Waals surface area contributed by atoms with Crippen LogP contribution in [-0.2, 0) is 19.4 Å². The molecule has 0 aliphatic carbocycles. The van der Waals surface area contributed by atoms with Crippen LogP contribution in [0.15, 0.2) is 24.3 Å². The maximum absolute atomic E-state index is 12.5. The number of rotatable bonds is 6. The number of carbonyl (C=O) groups excluding carboxylic acids is 2. The van der Waals surface area contributed by atoms with E-state index in [4.69, 9.17) is 4.74 Å². The van der Waals surface area contributed by atoms with E-state index in [0.717, 1.165) is 0 Å². The van der Waals surface area contributed by atoms with Crippen molar-refractivity contribution in [1.82, 2.24) is 4.90 Å². The zero-order valence-electron chi connectivity index (χ0n) is 14.3. The van der Waals surface area contributed by atoms with Crippen LogP contribution in [0.25, 0.3) is 0 Å². The highest BCUT2D eigenvalue weighted by Crippen LogP contribution is 2.21. The van der Waals surface area contributed by atoms with Crippen molar-refractivity contribution in [3.05, 3.63) is 29.8 Å². The van der Waals surface area contributed by atoms with Gasteiger partial charge in [0.1, 0.15) is 5.75 Å². The number of amides is 1. The first-order valence-corrected chi connectivity index (χ1v) is 10.0. The van der Waals surface area contributed by atoms with Crippen LogP contribution in [0, 0.1) is 0 Å². The lowest BCUT2D eigenvalue weighted by molar-refractivity contribution is -0.138. The molecule has 1 aromatic carbocycles. The molecular weight excluding hydrogens is 346 g/mol. The summed E-state index contributed by atoms with van der Waals surface area (Å²) in [7, 11) is -3.12. The number of ether oxygens (including phenoxy) is 1. The Bertz CT molecular complexity index is 745. The summed E-state index contributed by atoms with van der Waals surface area (Å²) in [5.41, 5.74) is 0.145. The number of benzene rings is 1. The predicted octanol–water partition coefficient (Wildman–Crippen LogP) is 1.36. The second-order valence-electron chi connectivity index (χ2n) is 6.24. The van der Waals surface area contributed by atoms with E-state index in [9.17, 15) is 23.1 Å². The molecule has 8 heteroatoms. The zero-order chi connectivity index (χ0) is 18.6. The first kappa shape index (κ1) is 19.2. The summed E-state index contributed by atoms with van der Waals surface area (Å²) in [4.78, 5) is 26.1. The van der Waals surface area contributed by atoms with Crippen LogP contribution >= 0.6 is 0 Å². The molecule has 1 heterocycles. The second-order valence-corrected chi connectivity index (χ2v) is 8.47. The van der Waals surface area contributed by atoms with E-state index in [1.807, 2.05) is 13.8 Å². The molecule has 0 radical (unpaired) electrons. The molecule has 1 aromatic rings. The average Bonchev–Trinajstić information content (AvgIpc) is 2.92. The SMILES string of the molecule is CC[C@H](C)N(C(=O)COC(=O)c1cccc(O)c1)[C@H]1CCS(=O)(=O)C1. The minimum Gasteiger partial charge on any atom is -0.508 e. The molecule has 1 amide bonds. The number of aromatic hydroxyl groups is 1. The van der Waals surface area contributed by atoms with Crippen molar-refractivity contribution < 1.29 is 27.9 Å². The summed E-state index contributed by atoms with van der Waals surface area (Å²) in [6.07, 6.45) is 1.07. The van der Waals surface area contributed by atoms with Gasteiger partial charge in [-0.1, -0.05) is 13.0 Å². The lowest BCUT2D eigenvalue weighted by Crippen LogP contribution is -2.48. The highest BCUT2D eigenvalue weighted by atomic mass is 32.2. The maximum atomic E-state index is 12.5. The van der Waals surface area contributed by atoms with E-state index in [0.29, 0.717) is 12.8 Å². The second kappa shape index (κ2) is 7.86. The van der Waals surface area contributed by atoms with Gasteiger partial charge in [-0.15, -0.1) is 0 Å². The van der Waals surface area contributed by atoms with Crippen molar-refractivity contribution in [3.63, 3.8) is 0 Å². The molecule has 138 valence electrons. The molecule has 1 N–H and O–H groups in total. The summed E-state index contributed by atoms with van der Waals surface area (Å²) >= 11 is 0. The minimum absolute atomic E-state index is 0.0520. The van der Waals surface area contributed by atoms with Crippen molar-refractivity contribution in [3.8, 4) is 5.75 Å². The first-order chi connectivity index (χ1) is 11.7. The highest BCUT2D eigenvalue weighted by Gasteiger charge is 2.36. The Morgan fingerprint density at radius 1 is 1.40 bits per heavy atom. The van der Waals surface area contributed by atoms with E-state index < -0.39 is 28.3 Å². The molecule has 0 unspecified atom stereocenters. The van der Waals surface area contributed by atoms with Crippen LogP contribution in [0.4, 0.5) is 0 Å². The smallest absolute Gasteiger partial charge is 0.338 e. The highest BCUT2D eigenvalue weighted by molar-refractivity contribution is 7.91. The number of hydrogen-bond acceptors (Lipinski definition) is 6. The lowest BCUT2D eigenvalue weighted by Gasteiger charge is -2.33. The largest absolute Gasteiger partial charge is 0.508 e. The first-order valence-electron chi connectivity index (χ1n) is 8.21. The number of phenolic OH excluding ortho intramolecular Hbond substituents is 1. The monoisotopic (exact) mass is 369 g/mol. The van der Waals surface area contributed by atoms with Crippen LogP contribution in [0.3, 0.4) is 0 Å². The van der Waals surface area contributed by atoms with E-state index in [-0.39, 0.29) is 34.9 Å². The third kappa shape index (κ3) is 4.94. The number of esters is 1. The van der Waals surface area contributed by atoms with Crippen LogP contribution < -0.4 is 0 Å². The Labute approximate surface area is 147 Å². The fourth-order valence-corrected chi connectivity index (χ4v) is 4.63. The van der Waals surface area contributed by atoms with Crippen molar-refractivity contribution in [2.24, 2.45) is 0 Å². The Hall–Kier alpha value is -2.09. The van der Waals surface area contributed by atoms with E-state index in [1.165, 1.54) is 29.2 Å². The Balaban J connectivity index is 2.03. The molecule has 0 bridgehead atoms. The molecule has 1 saturated heterocycles. The van der Waals surface area contributed by atoms with Gasteiger partial charge in [0, 0.05) is 12.1 Å². The Morgan fingerprint density at radius 3 is 2.68 bits per heavy atom. The third-order valence-corrected chi connectivity index (χ3v) is 6.11. The van der Waals surface area contributed by atoms with Gasteiger partial charge in [0.2, 0.25) is 0 Å². The van der Waals surface area contributed by atoms with Gasteiger partial charge in [0.25, 0.3) is 5.91 Å². The number of phenols is 1. The average molecular weight is 369 g/mol. The summed E-state index contributed by atoms with van der Waals surface area (Å²) in [6, 6.07) is 5.12. The summed E-state index contributed by atoms with van der Waals surface area (Å²) in [5.74, 6) is -1.18. The summed E-state index contributed by atoms with van der Waals surface area (Å²) < 4.78 is 28.5. The maximum Gasteiger partial charge on any atom is 0.338 e. The Kier molecular flexibility index (Phi) is 6.05. The summed E-state index contributed by atoms with van der Waals surface area (Å²) in [6.45, 7) is 3.29. The van der Waals surface area contributed by atoms with Crippen molar-refractivity contribution in [2.75, 3.05) is 18.1 Å². The van der Waals surface area contributed by atoms with Crippen molar-refractivity contribution in [2.45, 2.75) is 38.8 Å². The van der Waals surface area contributed by atoms with E-state index in [2.05, 4.69) is 0 Å². The van der Waals surface area contributed by atoms with Gasteiger partial charge in [-0.25, -0.2) is 13.2 Å². The van der Waals surface area contributed by atoms with Crippen LogP contribution in [0.1, 0.15) is 37.0 Å². The molecule has 1 aliphatic heterocycles. The Morgan fingerprint density at radius 2 is 2.12 bits per heavy atom. The molecule has 2 rings (SSSR count). The number of sulfone groups is 1. The molecule has 0 spiro atoms. The molecule has 0 aromatic heterocycles. The topological polar surface area (TPSA) is 101 Å². The molecule has 0 saturated carbocycles. The van der Waals surface area contributed by atoms with Gasteiger partial charge in [-0.3, -0.25) is 4.79 Å². The van der Waals surface area contributed by atoms with Crippen molar-refractivity contribution in [1.29, 1.82) is 0 Å². The van der Waals surface area contributed by atoms with E-state index in [1.54, 1.807) is 0 Å². The third-order valence-electron chi connectivity index (χ3n) is 4.36. The number of carbonyl (C=O) groups is 2. The summed E-state index contributed by atoms with van der Waals surface area (Å²) in [5, 5.41) is 9.39. The number of nitrogens with zero attached hydrogens (tertiary/aromatic N) is 1. The fourth-order valence-electron chi connectivity index (χ4n) is 2.92. The van der Waals surface area contributed by atoms with Gasteiger partial charge in [-0.2, -0.15) is 0 Å². The van der Waals surface area contributed by atoms with Gasteiger partial charge in [-0.05, 0) is 38.0 Å². The van der Waals surface area contributed by atoms with E-state index >= 15 is 0 Å². The van der Waals surface area contributed by atoms with Gasteiger partial charge < -0.3 is 14.7 Å². The predicted molar refractivity (Wildman–Crippen MR) is 92.0 cm³/mol. The minimum atomic E-state index is -3.12. The van der Waals surface area contributed by atoms with Crippen LogP contribution in [0.2, 0.25) is 0 Å². The zero-order valence-corrected chi connectivity index (χ0v) is 15.2. The molecule has 25 heavy (non-hydrogen) atoms. The van der Waals surface area contributed by atoms with Crippen LogP contribution in [0.5, 0.6) is 5.75 Å². The molecule has 2 atom stereocenters. The molecule has 1 aliphatic rings. The molecule has 1 fully saturated rings. The lowest BCUT2D eigenvalue weighted by atomic mass is 10.1. The van der Waals surface area contributed by atoms with Gasteiger partial charge in [0.05, 0.1) is 17.1 Å². The van der Waals surface area contributed by atoms with Crippen molar-refractivity contribution >= 4 is 21.7 Å². The number of hydrogen-bond donors (Lipinski definition) is 1. The van der Waals surface area contributed by atoms with Gasteiger partial charge in [0.15, 0.2) is 16.4 Å². The van der Waals surface area contributed by atoms with Crippen LogP contribution in [-0.4, -0.2) is 60.5 Å². The normalized spacial score (nSPS) is 20.0. The fraction of sp³-hybridized carbons (Fsp3) is 0.529.